The molecule has 1 atom stereocenters. The van der Waals surface area contributed by atoms with E-state index in [0.717, 1.165) is 0 Å². The largest absolute Gasteiger partial charge is 0.396 e. The van der Waals surface area contributed by atoms with Gasteiger partial charge in [-0.25, -0.2) is 0 Å². The molecule has 0 saturated heterocycles. The molecule has 0 bridgehead atoms. The van der Waals surface area contributed by atoms with Crippen LogP contribution in [0.4, 0.5) is 11.4 Å². The number of thioether (sulfide) groups is 1. The van der Waals surface area contributed by atoms with Gasteiger partial charge in [-0.3, -0.25) is 10.1 Å². The summed E-state index contributed by atoms with van der Waals surface area (Å²) in [6, 6.07) is 5.19. The highest BCUT2D eigenvalue weighted by Gasteiger charge is 2.19. The second-order valence-corrected chi connectivity index (χ2v) is 4.82. The number of hydrogen-bond donors (Lipinski definition) is 2. The lowest BCUT2D eigenvalue weighted by molar-refractivity contribution is -0.386. The van der Waals surface area contributed by atoms with Crippen molar-refractivity contribution in [1.82, 2.24) is 0 Å². The molecule has 0 radical (unpaired) electrons. The van der Waals surface area contributed by atoms with Gasteiger partial charge in [-0.15, -0.1) is 11.8 Å². The second-order valence-electron chi connectivity index (χ2n) is 3.76. The van der Waals surface area contributed by atoms with Gasteiger partial charge in [0.15, 0.2) is 0 Å². The van der Waals surface area contributed by atoms with Crippen LogP contribution in [-0.2, 0) is 0 Å². The van der Waals surface area contributed by atoms with Gasteiger partial charge in [0.1, 0.15) is 5.69 Å². The van der Waals surface area contributed by atoms with Crippen LogP contribution in [0.5, 0.6) is 0 Å². The Balaban J connectivity index is 2.94. The van der Waals surface area contributed by atoms with E-state index in [0.29, 0.717) is 16.3 Å². The predicted molar refractivity (Wildman–Crippen MR) is 69.6 cm³/mol. The molecule has 0 aliphatic rings. The van der Waals surface area contributed by atoms with Crippen molar-refractivity contribution in [3.63, 3.8) is 0 Å². The number of benzene rings is 1. The Morgan fingerprint density at radius 1 is 1.59 bits per heavy atom. The molecule has 0 saturated carbocycles. The highest BCUT2D eigenvalue weighted by Crippen LogP contribution is 2.35. The number of nitrogens with one attached hydrogen (secondary N) is 1. The molecule has 1 aromatic carbocycles. The van der Waals surface area contributed by atoms with Crippen LogP contribution >= 0.6 is 11.8 Å². The maximum atomic E-state index is 11.0. The normalized spacial score (nSPS) is 12.2. The SMILES string of the molecule is CNc1cccc(SCC(C)CO)c1[N+](=O)[O-]. The molecule has 6 heteroatoms. The van der Waals surface area contributed by atoms with Gasteiger partial charge in [0.25, 0.3) is 0 Å². The van der Waals surface area contributed by atoms with Crippen LogP contribution in [0.1, 0.15) is 6.92 Å². The van der Waals surface area contributed by atoms with Crippen molar-refractivity contribution in [3.8, 4) is 0 Å². The zero-order chi connectivity index (χ0) is 12.8. The molecule has 5 nitrogen and oxygen atoms in total. The lowest BCUT2D eigenvalue weighted by atomic mass is 10.2. The smallest absolute Gasteiger partial charge is 0.305 e. The van der Waals surface area contributed by atoms with Crippen molar-refractivity contribution in [2.24, 2.45) is 5.92 Å². The molecule has 0 aliphatic carbocycles. The first-order valence-corrected chi connectivity index (χ1v) is 6.27. The number of nitro benzene ring substituents is 1. The minimum Gasteiger partial charge on any atom is -0.396 e. The Hall–Kier alpha value is -1.27. The van der Waals surface area contributed by atoms with Crippen molar-refractivity contribution in [2.45, 2.75) is 11.8 Å². The van der Waals surface area contributed by atoms with E-state index in [1.165, 1.54) is 11.8 Å². The summed E-state index contributed by atoms with van der Waals surface area (Å²) in [7, 11) is 1.66. The van der Waals surface area contributed by atoms with Crippen molar-refractivity contribution in [2.75, 3.05) is 24.7 Å². The van der Waals surface area contributed by atoms with Crippen LogP contribution in [0.15, 0.2) is 23.1 Å². The third-order valence-electron chi connectivity index (χ3n) is 2.29. The van der Waals surface area contributed by atoms with Gasteiger partial charge in [-0.1, -0.05) is 13.0 Å². The van der Waals surface area contributed by atoms with E-state index in [-0.39, 0.29) is 23.1 Å². The number of nitrogens with zero attached hydrogens (tertiary/aromatic N) is 1. The topological polar surface area (TPSA) is 75.4 Å². The molecule has 0 aliphatic heterocycles. The van der Waals surface area contributed by atoms with E-state index < -0.39 is 0 Å². The fourth-order valence-electron chi connectivity index (χ4n) is 1.31. The number of para-hydroxylation sites is 1. The minimum absolute atomic E-state index is 0.0898. The second kappa shape index (κ2) is 6.46. The molecule has 17 heavy (non-hydrogen) atoms. The average Bonchev–Trinajstić information content (AvgIpc) is 2.34. The van der Waals surface area contributed by atoms with Crippen LogP contribution in [0.25, 0.3) is 0 Å². The molecular weight excluding hydrogens is 240 g/mol. The highest BCUT2D eigenvalue weighted by atomic mass is 32.2. The molecule has 0 amide bonds. The van der Waals surface area contributed by atoms with Gasteiger partial charge in [0.2, 0.25) is 0 Å². The maximum absolute atomic E-state index is 11.0. The van der Waals surface area contributed by atoms with Crippen molar-refractivity contribution in [3.05, 3.63) is 28.3 Å². The Bertz CT molecular complexity index is 398. The first kappa shape index (κ1) is 13.8. The van der Waals surface area contributed by atoms with Gasteiger partial charge >= 0.3 is 5.69 Å². The molecule has 0 aromatic heterocycles. The quantitative estimate of drug-likeness (QED) is 0.464. The monoisotopic (exact) mass is 256 g/mol. The molecule has 1 unspecified atom stereocenters. The van der Waals surface area contributed by atoms with Gasteiger partial charge in [-0.2, -0.15) is 0 Å². The number of nitro groups is 1. The zero-order valence-electron chi connectivity index (χ0n) is 9.84. The Labute approximate surface area is 104 Å². The molecule has 1 aromatic rings. The van der Waals surface area contributed by atoms with Crippen LogP contribution in [0.3, 0.4) is 0 Å². The Kier molecular flexibility index (Phi) is 5.24. The number of hydrogen-bond acceptors (Lipinski definition) is 5. The fourth-order valence-corrected chi connectivity index (χ4v) is 2.38. The first-order valence-electron chi connectivity index (χ1n) is 5.29. The summed E-state index contributed by atoms with van der Waals surface area (Å²) in [4.78, 5) is 11.3. The Morgan fingerprint density at radius 2 is 2.29 bits per heavy atom. The number of aliphatic hydroxyl groups excluding tert-OH is 1. The Morgan fingerprint density at radius 3 is 2.82 bits per heavy atom. The number of aliphatic hydroxyl groups is 1. The van der Waals surface area contributed by atoms with E-state index in [1.807, 2.05) is 6.92 Å². The van der Waals surface area contributed by atoms with Crippen molar-refractivity contribution >= 4 is 23.1 Å². The highest BCUT2D eigenvalue weighted by molar-refractivity contribution is 7.99. The van der Waals surface area contributed by atoms with Crippen molar-refractivity contribution < 1.29 is 10.0 Å². The van der Waals surface area contributed by atoms with E-state index in [9.17, 15) is 10.1 Å². The van der Waals surface area contributed by atoms with Crippen molar-refractivity contribution in [1.29, 1.82) is 0 Å². The predicted octanol–water partition coefficient (Wildman–Crippen LogP) is 2.36. The summed E-state index contributed by atoms with van der Waals surface area (Å²) in [5.41, 5.74) is 0.613. The minimum atomic E-state index is -0.377. The van der Waals surface area contributed by atoms with Crippen LogP contribution < -0.4 is 5.32 Å². The van der Waals surface area contributed by atoms with E-state index in [4.69, 9.17) is 5.11 Å². The molecule has 2 N–H and O–H groups in total. The van der Waals surface area contributed by atoms with Gasteiger partial charge in [0.05, 0.1) is 9.82 Å². The molecule has 94 valence electrons. The summed E-state index contributed by atoms with van der Waals surface area (Å²) in [6.07, 6.45) is 0. The molecule has 0 spiro atoms. The van der Waals surface area contributed by atoms with E-state index >= 15 is 0 Å². The zero-order valence-corrected chi connectivity index (χ0v) is 10.7. The molecular formula is C11H16N2O3S. The van der Waals surface area contributed by atoms with Crippen LogP contribution in [0.2, 0.25) is 0 Å². The van der Waals surface area contributed by atoms with E-state index in [1.54, 1.807) is 25.2 Å². The lowest BCUT2D eigenvalue weighted by Crippen LogP contribution is -2.04. The maximum Gasteiger partial charge on any atom is 0.305 e. The number of anilines is 1. The standard InChI is InChI=1S/C11H16N2O3S/c1-8(6-14)7-17-10-5-3-4-9(12-2)11(10)13(15)16/h3-5,8,12,14H,6-7H2,1-2H3. The van der Waals surface area contributed by atoms with Crippen LogP contribution in [-0.4, -0.2) is 29.4 Å². The van der Waals surface area contributed by atoms with Gasteiger partial charge in [0, 0.05) is 19.4 Å². The van der Waals surface area contributed by atoms with Crippen LogP contribution in [0, 0.1) is 16.0 Å². The lowest BCUT2D eigenvalue weighted by Gasteiger charge is -2.09. The third-order valence-corrected chi connectivity index (χ3v) is 3.66. The molecule has 1 rings (SSSR count). The first-order chi connectivity index (χ1) is 8.10. The summed E-state index contributed by atoms with van der Waals surface area (Å²) in [5.74, 6) is 0.780. The molecule has 0 fully saturated rings. The third kappa shape index (κ3) is 3.61. The summed E-state index contributed by atoms with van der Waals surface area (Å²) >= 11 is 1.40. The van der Waals surface area contributed by atoms with Gasteiger partial charge in [-0.05, 0) is 18.1 Å². The fraction of sp³-hybridized carbons (Fsp3) is 0.455. The summed E-state index contributed by atoms with van der Waals surface area (Å²) in [6.45, 7) is 1.99. The number of rotatable bonds is 6. The molecule has 0 heterocycles. The average molecular weight is 256 g/mol. The summed E-state index contributed by atoms with van der Waals surface area (Å²) in [5, 5.41) is 22.8. The van der Waals surface area contributed by atoms with E-state index in [2.05, 4.69) is 5.32 Å². The summed E-state index contributed by atoms with van der Waals surface area (Å²) < 4.78 is 0. The van der Waals surface area contributed by atoms with Gasteiger partial charge < -0.3 is 10.4 Å².